The molecular weight excluding hydrogens is 426 g/mol. The van der Waals surface area contributed by atoms with Gasteiger partial charge in [-0.05, 0) is 30.7 Å². The molecule has 0 atom stereocenters. The van der Waals surface area contributed by atoms with Crippen LogP contribution in [0.3, 0.4) is 0 Å². The molecule has 0 radical (unpaired) electrons. The van der Waals surface area contributed by atoms with Crippen molar-refractivity contribution < 1.29 is 28.7 Å². The van der Waals surface area contributed by atoms with E-state index in [4.69, 9.17) is 14.2 Å². The standard InChI is InChI=1S/C20H17N3O7S/c1-2-28-19(25)10-22-14-9-13(23(26)27)4-6-17(14)31-20(22)21-18(24)8-12-3-5-15-16(7-12)30-11-29-15/h3-7,9H,2,8,10-11H2,1H3. The topological polar surface area (TPSA) is 122 Å². The predicted molar refractivity (Wildman–Crippen MR) is 110 cm³/mol. The molecule has 1 amide bonds. The summed E-state index contributed by atoms with van der Waals surface area (Å²) in [5, 5.41) is 11.2. The summed E-state index contributed by atoms with van der Waals surface area (Å²) >= 11 is 1.16. The van der Waals surface area contributed by atoms with Gasteiger partial charge in [0.2, 0.25) is 6.79 Å². The second-order valence-electron chi connectivity index (χ2n) is 6.55. The molecule has 2 aromatic carbocycles. The molecule has 1 aliphatic rings. The number of carbonyl (C=O) groups excluding carboxylic acids is 2. The molecule has 0 spiro atoms. The normalized spacial score (nSPS) is 12.9. The van der Waals surface area contributed by atoms with Crippen molar-refractivity contribution >= 4 is 39.1 Å². The Morgan fingerprint density at radius 3 is 2.81 bits per heavy atom. The molecular formula is C20H17N3O7S. The molecule has 0 bridgehead atoms. The Bertz CT molecular complexity index is 1260. The van der Waals surface area contributed by atoms with Crippen LogP contribution in [0.15, 0.2) is 41.4 Å². The molecule has 11 heteroatoms. The Labute approximate surface area is 179 Å². The molecule has 160 valence electrons. The van der Waals surface area contributed by atoms with Gasteiger partial charge in [-0.1, -0.05) is 17.4 Å². The first-order valence-electron chi connectivity index (χ1n) is 9.34. The molecule has 0 aliphatic carbocycles. The highest BCUT2D eigenvalue weighted by molar-refractivity contribution is 7.16. The zero-order valence-electron chi connectivity index (χ0n) is 16.4. The maximum atomic E-state index is 12.6. The van der Waals surface area contributed by atoms with Gasteiger partial charge in [0.15, 0.2) is 16.3 Å². The minimum Gasteiger partial charge on any atom is -0.465 e. The SMILES string of the molecule is CCOC(=O)Cn1c(=NC(=O)Cc2ccc3c(c2)OCO3)sc2ccc([N+](=O)[O-])cc21. The van der Waals surface area contributed by atoms with E-state index in [1.807, 2.05) is 0 Å². The highest BCUT2D eigenvalue weighted by atomic mass is 32.1. The number of aromatic nitrogens is 1. The van der Waals surface area contributed by atoms with Crippen LogP contribution in [0, 0.1) is 10.1 Å². The molecule has 0 unspecified atom stereocenters. The first-order chi connectivity index (χ1) is 14.9. The van der Waals surface area contributed by atoms with E-state index in [0.717, 1.165) is 11.3 Å². The molecule has 10 nitrogen and oxygen atoms in total. The van der Waals surface area contributed by atoms with E-state index in [1.165, 1.54) is 16.7 Å². The van der Waals surface area contributed by atoms with Crippen molar-refractivity contribution in [3.8, 4) is 11.5 Å². The molecule has 0 saturated carbocycles. The van der Waals surface area contributed by atoms with Gasteiger partial charge in [-0.15, -0.1) is 0 Å². The zero-order valence-corrected chi connectivity index (χ0v) is 17.2. The lowest BCUT2D eigenvalue weighted by Gasteiger charge is -2.05. The molecule has 4 rings (SSSR count). The average molecular weight is 443 g/mol. The van der Waals surface area contributed by atoms with Crippen LogP contribution in [0.4, 0.5) is 5.69 Å². The number of rotatable bonds is 6. The number of nitro benzene ring substituents is 1. The van der Waals surface area contributed by atoms with Crippen LogP contribution in [-0.4, -0.2) is 34.8 Å². The fourth-order valence-electron chi connectivity index (χ4n) is 3.12. The summed E-state index contributed by atoms with van der Waals surface area (Å²) in [4.78, 5) is 39.8. The average Bonchev–Trinajstić information content (AvgIpc) is 3.32. The fraction of sp³-hybridized carbons (Fsp3) is 0.250. The van der Waals surface area contributed by atoms with Crippen LogP contribution in [0.25, 0.3) is 10.2 Å². The molecule has 31 heavy (non-hydrogen) atoms. The van der Waals surface area contributed by atoms with E-state index in [2.05, 4.69) is 4.99 Å². The quantitative estimate of drug-likeness (QED) is 0.326. The number of nitro groups is 1. The lowest BCUT2D eigenvalue weighted by Crippen LogP contribution is -2.23. The molecule has 2 heterocycles. The highest BCUT2D eigenvalue weighted by Gasteiger charge is 2.17. The van der Waals surface area contributed by atoms with Crippen molar-refractivity contribution in [3.63, 3.8) is 0 Å². The number of hydrogen-bond acceptors (Lipinski definition) is 8. The van der Waals surface area contributed by atoms with E-state index in [1.54, 1.807) is 31.2 Å². The first-order valence-corrected chi connectivity index (χ1v) is 10.2. The number of ether oxygens (including phenoxy) is 3. The van der Waals surface area contributed by atoms with Crippen molar-refractivity contribution in [2.45, 2.75) is 19.9 Å². The molecule has 1 aromatic heterocycles. The second kappa shape index (κ2) is 8.56. The van der Waals surface area contributed by atoms with Gasteiger partial charge in [0, 0.05) is 12.1 Å². The number of hydrogen-bond donors (Lipinski definition) is 0. The number of nitrogens with zero attached hydrogens (tertiary/aromatic N) is 3. The highest BCUT2D eigenvalue weighted by Crippen LogP contribution is 2.32. The van der Waals surface area contributed by atoms with Crippen LogP contribution in [0.5, 0.6) is 11.5 Å². The molecule has 0 saturated heterocycles. The van der Waals surface area contributed by atoms with Gasteiger partial charge in [0.25, 0.3) is 11.6 Å². The first kappa shape index (κ1) is 20.5. The Balaban J connectivity index is 1.70. The number of esters is 1. The summed E-state index contributed by atoms with van der Waals surface area (Å²) in [6, 6.07) is 9.49. The largest absolute Gasteiger partial charge is 0.465 e. The summed E-state index contributed by atoms with van der Waals surface area (Å²) in [6.45, 7) is 1.79. The maximum absolute atomic E-state index is 12.6. The van der Waals surface area contributed by atoms with Gasteiger partial charge in [-0.25, -0.2) is 0 Å². The Hall–Kier alpha value is -3.73. The predicted octanol–water partition coefficient (Wildman–Crippen LogP) is 2.57. The van der Waals surface area contributed by atoms with Crippen molar-refractivity contribution in [1.82, 2.24) is 4.57 Å². The van der Waals surface area contributed by atoms with Crippen LogP contribution in [0.2, 0.25) is 0 Å². The lowest BCUT2D eigenvalue weighted by atomic mass is 10.1. The number of non-ortho nitro benzene ring substituents is 1. The zero-order chi connectivity index (χ0) is 22.0. The monoisotopic (exact) mass is 443 g/mol. The Kier molecular flexibility index (Phi) is 5.67. The Morgan fingerprint density at radius 2 is 2.03 bits per heavy atom. The van der Waals surface area contributed by atoms with Gasteiger partial charge in [-0.2, -0.15) is 4.99 Å². The van der Waals surface area contributed by atoms with E-state index in [0.29, 0.717) is 27.3 Å². The van der Waals surface area contributed by atoms with Crippen LogP contribution in [0.1, 0.15) is 12.5 Å². The minimum absolute atomic E-state index is 0.0183. The molecule has 0 fully saturated rings. The Morgan fingerprint density at radius 1 is 1.23 bits per heavy atom. The third-order valence-corrected chi connectivity index (χ3v) is 5.54. The second-order valence-corrected chi connectivity index (χ2v) is 7.56. The van der Waals surface area contributed by atoms with Crippen molar-refractivity contribution in [1.29, 1.82) is 0 Å². The number of amides is 1. The summed E-state index contributed by atoms with van der Waals surface area (Å²) in [5.74, 6) is 0.222. The number of fused-ring (bicyclic) bond motifs is 2. The van der Waals surface area contributed by atoms with Gasteiger partial charge in [0.1, 0.15) is 6.54 Å². The fourth-order valence-corrected chi connectivity index (χ4v) is 4.14. The summed E-state index contributed by atoms with van der Waals surface area (Å²) < 4.78 is 17.7. The van der Waals surface area contributed by atoms with E-state index in [9.17, 15) is 19.7 Å². The maximum Gasteiger partial charge on any atom is 0.326 e. The minimum atomic E-state index is -0.529. The smallest absolute Gasteiger partial charge is 0.326 e. The van der Waals surface area contributed by atoms with Crippen molar-refractivity contribution in [2.24, 2.45) is 4.99 Å². The van der Waals surface area contributed by atoms with Crippen molar-refractivity contribution in [3.05, 3.63) is 56.9 Å². The third-order valence-electron chi connectivity index (χ3n) is 4.48. The van der Waals surface area contributed by atoms with Crippen LogP contribution in [-0.2, 0) is 27.3 Å². The molecule has 1 aliphatic heterocycles. The summed E-state index contributed by atoms with van der Waals surface area (Å²) in [7, 11) is 0. The van der Waals surface area contributed by atoms with Crippen LogP contribution < -0.4 is 14.3 Å². The number of carbonyl (C=O) groups is 2. The van der Waals surface area contributed by atoms with E-state index >= 15 is 0 Å². The van der Waals surface area contributed by atoms with E-state index in [-0.39, 0.29) is 36.9 Å². The van der Waals surface area contributed by atoms with Gasteiger partial charge >= 0.3 is 5.97 Å². The number of thiazole rings is 1. The molecule has 0 N–H and O–H groups in total. The number of benzene rings is 2. The van der Waals surface area contributed by atoms with Gasteiger partial charge < -0.3 is 18.8 Å². The van der Waals surface area contributed by atoms with Crippen LogP contribution >= 0.6 is 11.3 Å². The van der Waals surface area contributed by atoms with Gasteiger partial charge in [0.05, 0.1) is 28.2 Å². The summed E-state index contributed by atoms with van der Waals surface area (Å²) in [6.07, 6.45) is 0.0183. The summed E-state index contributed by atoms with van der Waals surface area (Å²) in [5.41, 5.74) is 1.01. The van der Waals surface area contributed by atoms with Gasteiger partial charge in [-0.3, -0.25) is 19.7 Å². The third kappa shape index (κ3) is 4.40. The van der Waals surface area contributed by atoms with E-state index < -0.39 is 16.8 Å². The van der Waals surface area contributed by atoms with Crippen molar-refractivity contribution in [2.75, 3.05) is 13.4 Å². The lowest BCUT2D eigenvalue weighted by molar-refractivity contribution is -0.384. The molecule has 3 aromatic rings.